The second-order valence-electron chi connectivity index (χ2n) is 13.7. The molecule has 208 valence electrons. The maximum atomic E-state index is 13.6. The number of nitrogen functional groups attached to an aromatic ring is 1. The fourth-order valence-corrected chi connectivity index (χ4v) is 9.69. The maximum Gasteiger partial charge on any atom is 0.229 e. The molecule has 4 aliphatic carbocycles. The van der Waals surface area contributed by atoms with Crippen LogP contribution in [0.2, 0.25) is 0 Å². The van der Waals surface area contributed by atoms with Crippen LogP contribution in [0, 0.1) is 35.5 Å². The number of rotatable bonds is 2. The summed E-state index contributed by atoms with van der Waals surface area (Å²) in [6.45, 7) is 9.08. The predicted molar refractivity (Wildman–Crippen MR) is 154 cm³/mol. The van der Waals surface area contributed by atoms with Crippen molar-refractivity contribution in [2.24, 2.45) is 35.5 Å². The van der Waals surface area contributed by atoms with E-state index in [-0.39, 0.29) is 46.3 Å². The van der Waals surface area contributed by atoms with E-state index in [1.165, 1.54) is 22.3 Å². The number of aromatic hydroxyl groups is 1. The molecule has 5 heteroatoms. The van der Waals surface area contributed by atoms with Crippen molar-refractivity contribution < 1.29 is 14.7 Å². The number of anilines is 1. The van der Waals surface area contributed by atoms with E-state index in [1.807, 2.05) is 12.1 Å². The van der Waals surface area contributed by atoms with Crippen LogP contribution >= 0.6 is 0 Å². The van der Waals surface area contributed by atoms with Crippen LogP contribution in [0.25, 0.3) is 0 Å². The molecule has 0 radical (unpaired) electrons. The first-order valence-corrected chi connectivity index (χ1v) is 15.1. The molecule has 5 nitrogen and oxygen atoms in total. The lowest BCUT2D eigenvalue weighted by atomic mass is 9.52. The topological polar surface area (TPSA) is 92.4 Å². The quantitative estimate of drug-likeness (QED) is 0.327. The summed E-state index contributed by atoms with van der Waals surface area (Å²) in [5, 5.41) is 13.1. The van der Waals surface area contributed by atoms with Crippen LogP contribution in [0.15, 0.2) is 36.4 Å². The van der Waals surface area contributed by atoms with Gasteiger partial charge in [-0.1, -0.05) is 39.8 Å². The zero-order valence-corrected chi connectivity index (χ0v) is 23.9. The molecule has 0 heterocycles. The first-order chi connectivity index (χ1) is 18.5. The number of hydrogen-bond acceptors (Lipinski definition) is 4. The van der Waals surface area contributed by atoms with Crippen molar-refractivity contribution in [3.8, 4) is 5.75 Å². The van der Waals surface area contributed by atoms with Crippen molar-refractivity contribution in [1.29, 1.82) is 0 Å². The molecule has 0 bridgehead atoms. The first kappa shape index (κ1) is 26.4. The molecule has 2 aromatic carbocycles. The van der Waals surface area contributed by atoms with Crippen molar-refractivity contribution in [3.63, 3.8) is 0 Å². The molecule has 8 atom stereocenters. The molecule has 0 aliphatic heterocycles. The highest BCUT2D eigenvalue weighted by Crippen LogP contribution is 2.56. The lowest BCUT2D eigenvalue weighted by Crippen LogP contribution is -2.53. The van der Waals surface area contributed by atoms with E-state index in [0.29, 0.717) is 17.6 Å². The highest BCUT2D eigenvalue weighted by molar-refractivity contribution is 5.97. The first-order valence-electron chi connectivity index (χ1n) is 15.1. The fraction of sp³-hybridized carbons (Fsp3) is 0.588. The van der Waals surface area contributed by atoms with Gasteiger partial charge in [-0.15, -0.1) is 0 Å². The van der Waals surface area contributed by atoms with Crippen LogP contribution in [-0.4, -0.2) is 16.9 Å². The Hall–Kier alpha value is -2.82. The number of amides is 2. The fourth-order valence-electron chi connectivity index (χ4n) is 9.69. The number of carbonyl (C=O) groups excluding carboxylic acids is 2. The minimum atomic E-state index is -0.153. The van der Waals surface area contributed by atoms with Crippen molar-refractivity contribution in [3.05, 3.63) is 58.7 Å². The van der Waals surface area contributed by atoms with Gasteiger partial charge in [-0.3, -0.25) is 14.9 Å². The molecule has 2 fully saturated rings. The standard InChI is InChI=1S/C34H44N2O3/c1-19-25(13-15-33(3)27(19)11-7-21-5-9-23(35)17-29(21)33)31(38)36-32(39)26-14-16-34(4)28(20(26)2)12-8-22-6-10-24(37)18-30(22)34/h5-6,9-10,17-20,25-28,37H,7-8,11-16,35H2,1-4H3,(H,36,38,39)/t19-,20-,25+,26+,27+,28+,33+,34+/m1/s1. The average Bonchev–Trinajstić information content (AvgIpc) is 2.89. The van der Waals surface area contributed by atoms with Gasteiger partial charge in [0.15, 0.2) is 0 Å². The highest BCUT2D eigenvalue weighted by atomic mass is 16.3. The lowest BCUT2D eigenvalue weighted by Gasteiger charge is -2.52. The molecule has 2 saturated carbocycles. The number of fused-ring (bicyclic) bond motifs is 6. The van der Waals surface area contributed by atoms with Gasteiger partial charge in [0.2, 0.25) is 11.8 Å². The van der Waals surface area contributed by atoms with Crippen LogP contribution < -0.4 is 11.1 Å². The van der Waals surface area contributed by atoms with Gasteiger partial charge in [-0.2, -0.15) is 0 Å². The molecule has 2 amide bonds. The van der Waals surface area contributed by atoms with Crippen molar-refractivity contribution in [2.45, 2.75) is 89.9 Å². The summed E-state index contributed by atoms with van der Waals surface area (Å²) in [7, 11) is 0. The summed E-state index contributed by atoms with van der Waals surface area (Å²) in [4.78, 5) is 27.2. The summed E-state index contributed by atoms with van der Waals surface area (Å²) in [6, 6.07) is 12.1. The van der Waals surface area contributed by atoms with Gasteiger partial charge in [0.1, 0.15) is 5.75 Å². The highest BCUT2D eigenvalue weighted by Gasteiger charge is 2.52. The minimum absolute atomic E-state index is 0.0250. The number of aryl methyl sites for hydroxylation is 2. The zero-order valence-electron chi connectivity index (χ0n) is 23.9. The van der Waals surface area contributed by atoms with Gasteiger partial charge in [-0.05, 0) is 132 Å². The van der Waals surface area contributed by atoms with Crippen LogP contribution in [0.3, 0.4) is 0 Å². The molecular formula is C34H44N2O3. The van der Waals surface area contributed by atoms with E-state index < -0.39 is 0 Å². The number of benzene rings is 2. The smallest absolute Gasteiger partial charge is 0.229 e. The summed E-state index contributed by atoms with van der Waals surface area (Å²) in [6.07, 6.45) is 7.51. The van der Waals surface area contributed by atoms with Crippen LogP contribution in [0.4, 0.5) is 5.69 Å². The van der Waals surface area contributed by atoms with Gasteiger partial charge in [0.05, 0.1) is 0 Å². The van der Waals surface area contributed by atoms with Crippen LogP contribution in [0.1, 0.15) is 88.5 Å². The third-order valence-electron chi connectivity index (χ3n) is 12.0. The second kappa shape index (κ2) is 9.38. The monoisotopic (exact) mass is 528 g/mol. The molecule has 39 heavy (non-hydrogen) atoms. The summed E-state index contributed by atoms with van der Waals surface area (Å²) < 4.78 is 0. The van der Waals surface area contributed by atoms with Gasteiger partial charge < -0.3 is 10.8 Å². The van der Waals surface area contributed by atoms with Crippen molar-refractivity contribution >= 4 is 17.5 Å². The molecule has 4 aliphatic rings. The third kappa shape index (κ3) is 4.10. The molecule has 0 saturated heterocycles. The number of nitrogens with one attached hydrogen (secondary N) is 1. The zero-order chi connectivity index (χ0) is 27.7. The number of hydrogen-bond donors (Lipinski definition) is 3. The minimum Gasteiger partial charge on any atom is -0.508 e. The second-order valence-corrected chi connectivity index (χ2v) is 13.7. The van der Waals surface area contributed by atoms with Gasteiger partial charge in [0, 0.05) is 17.5 Å². The lowest BCUT2D eigenvalue weighted by molar-refractivity contribution is -0.140. The number of nitrogens with two attached hydrogens (primary N) is 1. The Morgan fingerprint density at radius 3 is 1.82 bits per heavy atom. The van der Waals surface area contributed by atoms with Crippen molar-refractivity contribution in [1.82, 2.24) is 5.32 Å². The SMILES string of the molecule is C[C@@H]1[C@@H](C(=O)NC(=O)[C@H]2CC[C@]3(C)c4cc(O)ccc4CC[C@H]3[C@@H]2C)CC[C@]2(C)c3cc(N)ccc3CC[C@@H]12. The average molecular weight is 529 g/mol. The Kier molecular flexibility index (Phi) is 6.35. The number of carbonyl (C=O) groups is 2. The Bertz CT molecular complexity index is 1220. The maximum absolute atomic E-state index is 13.6. The molecule has 4 N–H and O–H groups in total. The van der Waals surface area contributed by atoms with Gasteiger partial charge >= 0.3 is 0 Å². The summed E-state index contributed by atoms with van der Waals surface area (Å²) in [5.41, 5.74) is 12.3. The van der Waals surface area contributed by atoms with E-state index in [9.17, 15) is 14.7 Å². The normalized spacial score (nSPS) is 37.0. The largest absolute Gasteiger partial charge is 0.508 e. The summed E-state index contributed by atoms with van der Waals surface area (Å²) >= 11 is 0. The van der Waals surface area contributed by atoms with E-state index in [1.54, 1.807) is 6.07 Å². The van der Waals surface area contributed by atoms with Crippen LogP contribution in [-0.2, 0) is 33.3 Å². The van der Waals surface area contributed by atoms with E-state index in [2.05, 4.69) is 51.2 Å². The molecule has 6 rings (SSSR count). The molecule has 2 aromatic rings. The Morgan fingerprint density at radius 1 is 0.795 bits per heavy atom. The molecule has 0 unspecified atom stereocenters. The van der Waals surface area contributed by atoms with Crippen molar-refractivity contribution in [2.75, 3.05) is 5.73 Å². The Balaban J connectivity index is 1.15. The van der Waals surface area contributed by atoms with E-state index in [4.69, 9.17) is 5.73 Å². The molecule has 0 spiro atoms. The summed E-state index contributed by atoms with van der Waals surface area (Å²) in [5.74, 6) is 1.01. The van der Waals surface area contributed by atoms with E-state index >= 15 is 0 Å². The third-order valence-corrected chi connectivity index (χ3v) is 12.0. The number of phenolic OH excluding ortho intramolecular Hbond substituents is 1. The van der Waals surface area contributed by atoms with Gasteiger partial charge in [-0.25, -0.2) is 0 Å². The number of phenols is 1. The molecular weight excluding hydrogens is 484 g/mol. The van der Waals surface area contributed by atoms with Gasteiger partial charge in [0.25, 0.3) is 0 Å². The van der Waals surface area contributed by atoms with Crippen LogP contribution in [0.5, 0.6) is 5.75 Å². The Morgan fingerprint density at radius 2 is 1.28 bits per heavy atom. The van der Waals surface area contributed by atoms with E-state index in [0.717, 1.165) is 57.1 Å². The number of imide groups is 1. The Labute approximate surface area is 233 Å². The predicted octanol–water partition coefficient (Wildman–Crippen LogP) is 6.05. The molecule has 0 aromatic heterocycles.